The van der Waals surface area contributed by atoms with E-state index in [-0.39, 0.29) is 5.75 Å². The van der Waals surface area contributed by atoms with Crippen molar-refractivity contribution < 1.29 is 19.8 Å². The van der Waals surface area contributed by atoms with Gasteiger partial charge in [0.05, 0.1) is 0 Å². The summed E-state index contributed by atoms with van der Waals surface area (Å²) in [6.45, 7) is 0.604. The van der Waals surface area contributed by atoms with Crippen molar-refractivity contribution >= 4 is 12.3 Å². The van der Waals surface area contributed by atoms with E-state index >= 15 is 0 Å². The van der Waals surface area contributed by atoms with Gasteiger partial charge in [-0.1, -0.05) is 25.7 Å². The number of unbranched alkanes of at least 4 members (excludes halogenated alkanes) is 1. The zero-order valence-electron chi connectivity index (χ0n) is 15.3. The first-order chi connectivity index (χ1) is 12.4. The number of nitrogens with two attached hydrogens (primary N) is 3. The number of hydrogen-bond donors (Lipinski definition) is 5. The number of hydrogen-bond acceptors (Lipinski definition) is 6. The number of rotatable bonds is 6. The zero-order valence-corrected chi connectivity index (χ0v) is 15.3. The maximum Gasteiger partial charge on any atom is 0.320 e. The Morgan fingerprint density at radius 3 is 2.12 bits per heavy atom. The number of aromatic hydroxyl groups is 1. The molecule has 0 aromatic heterocycles. The summed E-state index contributed by atoms with van der Waals surface area (Å²) < 4.78 is 0. The number of carboxylic acid groups (broad SMARTS) is 1. The molecule has 0 radical (unpaired) electrons. The minimum Gasteiger partial charge on any atom is -0.508 e. The van der Waals surface area contributed by atoms with Crippen molar-refractivity contribution in [3.8, 4) is 5.75 Å². The molecule has 1 aromatic carbocycles. The van der Waals surface area contributed by atoms with E-state index in [1.165, 1.54) is 44.2 Å². The molecular formula is C19H33N3O4. The molecule has 1 atom stereocenters. The summed E-state index contributed by atoms with van der Waals surface area (Å²) in [4.78, 5) is 20.2. The van der Waals surface area contributed by atoms with Gasteiger partial charge in [0.2, 0.25) is 0 Å². The fraction of sp³-hybridized carbons (Fsp3) is 0.579. The molecule has 0 bridgehead atoms. The molecule has 148 valence electrons. The minimum absolute atomic E-state index is 0.181. The number of benzene rings is 1. The lowest BCUT2D eigenvalue weighted by atomic mass is 9.97. The molecule has 0 aliphatic heterocycles. The quantitative estimate of drug-likeness (QED) is 0.381. The summed E-state index contributed by atoms with van der Waals surface area (Å²) in [5.74, 6) is -0.752. The van der Waals surface area contributed by atoms with Crippen LogP contribution in [0, 0.1) is 0 Å². The van der Waals surface area contributed by atoms with Crippen molar-refractivity contribution in [3.63, 3.8) is 0 Å². The third-order valence-corrected chi connectivity index (χ3v) is 3.97. The standard InChI is InChI=1S/C7H6O2.C6H14N2O2.C6H13N/c8-5-6-1-3-7(9)4-2-6;7-4-2-1-3-5(8)6(9)10;7-6-4-2-1-3-5-6/h1-5,9H;5H,1-4,7-8H2,(H,9,10);6H,1-5,7H2. The van der Waals surface area contributed by atoms with Crippen LogP contribution in [0.3, 0.4) is 0 Å². The molecular weight excluding hydrogens is 334 g/mol. The summed E-state index contributed by atoms with van der Waals surface area (Å²) in [6, 6.07) is 5.89. The molecule has 0 amide bonds. The predicted molar refractivity (Wildman–Crippen MR) is 103 cm³/mol. The average Bonchev–Trinajstić information content (AvgIpc) is 2.64. The smallest absolute Gasteiger partial charge is 0.320 e. The van der Waals surface area contributed by atoms with E-state index in [2.05, 4.69) is 0 Å². The number of aliphatic carboxylic acids is 1. The number of carbonyl (C=O) groups is 2. The van der Waals surface area contributed by atoms with E-state index in [0.717, 1.165) is 19.1 Å². The molecule has 0 spiro atoms. The lowest BCUT2D eigenvalue weighted by Gasteiger charge is -2.15. The highest BCUT2D eigenvalue weighted by molar-refractivity contribution is 5.74. The van der Waals surface area contributed by atoms with E-state index in [1.807, 2.05) is 0 Å². The van der Waals surface area contributed by atoms with Crippen LogP contribution in [0.2, 0.25) is 0 Å². The van der Waals surface area contributed by atoms with Gasteiger partial charge in [-0.15, -0.1) is 0 Å². The number of aldehydes is 1. The van der Waals surface area contributed by atoms with E-state index in [0.29, 0.717) is 24.6 Å². The molecule has 1 fully saturated rings. The van der Waals surface area contributed by atoms with E-state index in [4.69, 9.17) is 27.4 Å². The second kappa shape index (κ2) is 15.3. The molecule has 0 saturated heterocycles. The molecule has 26 heavy (non-hydrogen) atoms. The Bertz CT molecular complexity index is 488. The van der Waals surface area contributed by atoms with Gasteiger partial charge in [0.1, 0.15) is 18.1 Å². The van der Waals surface area contributed by atoms with Crippen LogP contribution in [-0.2, 0) is 4.79 Å². The van der Waals surface area contributed by atoms with Crippen LogP contribution in [0.15, 0.2) is 24.3 Å². The molecule has 1 aliphatic carbocycles. The van der Waals surface area contributed by atoms with Gasteiger partial charge >= 0.3 is 5.97 Å². The molecule has 1 saturated carbocycles. The summed E-state index contributed by atoms with van der Waals surface area (Å²) in [5.41, 5.74) is 16.6. The highest BCUT2D eigenvalue weighted by Gasteiger charge is 2.09. The van der Waals surface area contributed by atoms with Crippen LogP contribution in [0.25, 0.3) is 0 Å². The molecule has 7 nitrogen and oxygen atoms in total. The molecule has 1 aromatic rings. The Hall–Kier alpha value is -1.96. The minimum atomic E-state index is -0.933. The topological polar surface area (TPSA) is 153 Å². The van der Waals surface area contributed by atoms with Crippen LogP contribution < -0.4 is 17.2 Å². The average molecular weight is 367 g/mol. The molecule has 8 N–H and O–H groups in total. The normalized spacial score (nSPS) is 14.9. The number of phenolic OH excluding ortho intramolecular Hbond substituents is 1. The van der Waals surface area contributed by atoms with E-state index < -0.39 is 12.0 Å². The van der Waals surface area contributed by atoms with Crippen molar-refractivity contribution in [2.45, 2.75) is 63.5 Å². The third kappa shape index (κ3) is 13.3. The Labute approximate surface area is 155 Å². The van der Waals surface area contributed by atoms with Gasteiger partial charge in [-0.3, -0.25) is 9.59 Å². The second-order valence-corrected chi connectivity index (χ2v) is 6.34. The van der Waals surface area contributed by atoms with Crippen molar-refractivity contribution in [3.05, 3.63) is 29.8 Å². The number of carbonyl (C=O) groups excluding carboxylic acids is 1. The lowest BCUT2D eigenvalue weighted by Crippen LogP contribution is -2.29. The lowest BCUT2D eigenvalue weighted by molar-refractivity contribution is -0.138. The molecule has 1 aliphatic rings. The first kappa shape index (κ1) is 24.0. The summed E-state index contributed by atoms with van der Waals surface area (Å²) in [5, 5.41) is 17.1. The number of phenols is 1. The number of carboxylic acids is 1. The zero-order chi connectivity index (χ0) is 19.8. The van der Waals surface area contributed by atoms with Crippen LogP contribution in [0.4, 0.5) is 0 Å². The summed E-state index contributed by atoms with van der Waals surface area (Å²) in [7, 11) is 0. The van der Waals surface area contributed by atoms with E-state index in [1.54, 1.807) is 12.1 Å². The van der Waals surface area contributed by atoms with E-state index in [9.17, 15) is 9.59 Å². The SMILES string of the molecule is NC1CCCCC1.NCCCCC(N)C(=O)O.O=Cc1ccc(O)cc1. The van der Waals surface area contributed by atoms with Gasteiger partial charge in [-0.05, 0) is 56.5 Å². The van der Waals surface area contributed by atoms with Gasteiger partial charge in [-0.2, -0.15) is 0 Å². The third-order valence-electron chi connectivity index (χ3n) is 3.97. The predicted octanol–water partition coefficient (Wildman–Crippen LogP) is 2.01. The summed E-state index contributed by atoms with van der Waals surface area (Å²) in [6.07, 6.45) is 9.56. The van der Waals surface area contributed by atoms with Crippen LogP contribution in [-0.4, -0.2) is 41.1 Å². The van der Waals surface area contributed by atoms with Gasteiger partial charge in [-0.25, -0.2) is 0 Å². The molecule has 7 heteroatoms. The van der Waals surface area contributed by atoms with Gasteiger partial charge in [0.15, 0.2) is 0 Å². The van der Waals surface area contributed by atoms with Crippen molar-refractivity contribution in [2.75, 3.05) is 6.54 Å². The fourth-order valence-corrected chi connectivity index (χ4v) is 2.32. The maximum absolute atomic E-state index is 10.1. The van der Waals surface area contributed by atoms with Gasteiger partial charge < -0.3 is 27.4 Å². The highest BCUT2D eigenvalue weighted by atomic mass is 16.4. The monoisotopic (exact) mass is 367 g/mol. The fourth-order valence-electron chi connectivity index (χ4n) is 2.32. The second-order valence-electron chi connectivity index (χ2n) is 6.34. The van der Waals surface area contributed by atoms with Crippen LogP contribution in [0.1, 0.15) is 61.7 Å². The molecule has 2 rings (SSSR count). The van der Waals surface area contributed by atoms with Gasteiger partial charge in [0, 0.05) is 11.6 Å². The molecule has 0 heterocycles. The Morgan fingerprint density at radius 1 is 1.15 bits per heavy atom. The van der Waals surface area contributed by atoms with Crippen molar-refractivity contribution in [1.29, 1.82) is 0 Å². The Morgan fingerprint density at radius 2 is 1.73 bits per heavy atom. The summed E-state index contributed by atoms with van der Waals surface area (Å²) >= 11 is 0. The largest absolute Gasteiger partial charge is 0.508 e. The first-order valence-electron chi connectivity index (χ1n) is 9.09. The van der Waals surface area contributed by atoms with Crippen LogP contribution >= 0.6 is 0 Å². The highest BCUT2D eigenvalue weighted by Crippen LogP contribution is 2.14. The Kier molecular flexibility index (Phi) is 14.2. The maximum atomic E-state index is 10.1. The van der Waals surface area contributed by atoms with Crippen LogP contribution in [0.5, 0.6) is 5.75 Å². The first-order valence-corrected chi connectivity index (χ1v) is 9.09. The Balaban J connectivity index is 0.000000365. The molecule has 1 unspecified atom stereocenters. The van der Waals surface area contributed by atoms with Crippen molar-refractivity contribution in [1.82, 2.24) is 0 Å². The van der Waals surface area contributed by atoms with Gasteiger partial charge in [0.25, 0.3) is 0 Å². The van der Waals surface area contributed by atoms with Crippen molar-refractivity contribution in [2.24, 2.45) is 17.2 Å².